The van der Waals surface area contributed by atoms with Crippen LogP contribution in [0.25, 0.3) is 0 Å². The molecule has 0 radical (unpaired) electrons. The van der Waals surface area contributed by atoms with Crippen LogP contribution >= 0.6 is 23.5 Å². The monoisotopic (exact) mass is 226 g/mol. The van der Waals surface area contributed by atoms with Gasteiger partial charge in [0.05, 0.1) is 5.02 Å². The zero-order chi connectivity index (χ0) is 8.97. The molecular formula is C7H8ClN2NaOS. The van der Waals surface area contributed by atoms with Gasteiger partial charge in [0.1, 0.15) is 0 Å². The molecule has 0 spiro atoms. The molecule has 0 aliphatic carbocycles. The van der Waals surface area contributed by atoms with Crippen molar-refractivity contribution < 1.29 is 4.79 Å². The van der Waals surface area contributed by atoms with Crippen LogP contribution < -0.4 is 10.5 Å². The van der Waals surface area contributed by atoms with Crippen molar-refractivity contribution >= 4 is 59.1 Å². The molecule has 66 valence electrons. The molecule has 3 N–H and O–H groups in total. The Bertz CT molecular complexity index is 298. The zero-order valence-corrected chi connectivity index (χ0v) is 7.65. The first-order valence-electron chi connectivity index (χ1n) is 3.17. The molecule has 1 aromatic rings. The van der Waals surface area contributed by atoms with E-state index in [1.165, 1.54) is 0 Å². The molecule has 6 heteroatoms. The van der Waals surface area contributed by atoms with Crippen LogP contribution in [0.4, 0.5) is 4.79 Å². The summed E-state index contributed by atoms with van der Waals surface area (Å²) in [5, 5.41) is 0.594. The Hall–Kier alpha value is 0.130. The first kappa shape index (κ1) is 13.1. The summed E-state index contributed by atoms with van der Waals surface area (Å²) in [6, 6.07) is 6.60. The van der Waals surface area contributed by atoms with E-state index < -0.39 is 6.03 Å². The second-order valence-corrected chi connectivity index (χ2v) is 3.25. The van der Waals surface area contributed by atoms with Crippen LogP contribution in [0.15, 0.2) is 29.2 Å². The van der Waals surface area contributed by atoms with Gasteiger partial charge in [0, 0.05) is 4.90 Å². The number of hydrogen-bond donors (Lipinski definition) is 2. The van der Waals surface area contributed by atoms with Crippen molar-refractivity contribution in [2.45, 2.75) is 4.90 Å². The number of primary amides is 1. The van der Waals surface area contributed by atoms with Crippen molar-refractivity contribution in [2.24, 2.45) is 5.73 Å². The topological polar surface area (TPSA) is 55.1 Å². The van der Waals surface area contributed by atoms with Crippen molar-refractivity contribution in [1.29, 1.82) is 0 Å². The van der Waals surface area contributed by atoms with E-state index in [1.807, 2.05) is 12.1 Å². The van der Waals surface area contributed by atoms with E-state index >= 15 is 0 Å². The molecular weight excluding hydrogens is 219 g/mol. The molecule has 0 aliphatic rings. The second-order valence-electron chi connectivity index (χ2n) is 2.00. The molecule has 0 unspecified atom stereocenters. The molecule has 0 saturated carbocycles. The predicted octanol–water partition coefficient (Wildman–Crippen LogP) is 1.37. The van der Waals surface area contributed by atoms with E-state index in [4.69, 9.17) is 17.3 Å². The number of benzene rings is 1. The molecule has 0 aromatic heterocycles. The second kappa shape index (κ2) is 6.56. The Kier molecular flexibility index (Phi) is 6.63. The van der Waals surface area contributed by atoms with Crippen LogP contribution in [0.1, 0.15) is 0 Å². The zero-order valence-electron chi connectivity index (χ0n) is 6.08. The van der Waals surface area contributed by atoms with Gasteiger partial charge in [-0.05, 0) is 24.1 Å². The summed E-state index contributed by atoms with van der Waals surface area (Å²) >= 11 is 6.89. The van der Waals surface area contributed by atoms with Gasteiger partial charge < -0.3 is 5.73 Å². The molecule has 0 saturated heterocycles. The molecule has 0 atom stereocenters. The standard InChI is InChI=1S/C7H7ClN2OS.Na.H/c8-5-3-1-2-4-6(5)12-10-7(9)11;;/h1-4H,(H3,9,10,11);;. The average molecular weight is 227 g/mol. The first-order valence-corrected chi connectivity index (χ1v) is 4.36. The summed E-state index contributed by atoms with van der Waals surface area (Å²) in [5.74, 6) is 0. The van der Waals surface area contributed by atoms with Crippen molar-refractivity contribution in [3.8, 4) is 0 Å². The molecule has 2 amide bonds. The average Bonchev–Trinajstić information content (AvgIpc) is 2.03. The molecule has 3 nitrogen and oxygen atoms in total. The van der Waals surface area contributed by atoms with Gasteiger partial charge in [-0.1, -0.05) is 23.7 Å². The Morgan fingerprint density at radius 1 is 1.46 bits per heavy atom. The van der Waals surface area contributed by atoms with Gasteiger partial charge in [0.25, 0.3) is 0 Å². The van der Waals surface area contributed by atoms with E-state index in [1.54, 1.807) is 12.1 Å². The summed E-state index contributed by atoms with van der Waals surface area (Å²) in [4.78, 5) is 11.1. The predicted molar refractivity (Wildman–Crippen MR) is 57.2 cm³/mol. The molecule has 0 heterocycles. The normalized spacial score (nSPS) is 8.69. The van der Waals surface area contributed by atoms with Crippen LogP contribution in [-0.4, -0.2) is 35.6 Å². The van der Waals surface area contributed by atoms with Crippen LogP contribution in [0, 0.1) is 0 Å². The fourth-order valence-corrected chi connectivity index (χ4v) is 1.41. The Morgan fingerprint density at radius 3 is 2.62 bits per heavy atom. The number of halogens is 1. The number of hydrogen-bond acceptors (Lipinski definition) is 2. The molecule has 1 aromatic carbocycles. The van der Waals surface area contributed by atoms with Crippen LogP contribution in [0.5, 0.6) is 0 Å². The third kappa shape index (κ3) is 4.78. The first-order chi connectivity index (χ1) is 5.70. The fourth-order valence-electron chi connectivity index (χ4n) is 0.633. The van der Waals surface area contributed by atoms with Crippen molar-refractivity contribution in [3.63, 3.8) is 0 Å². The van der Waals surface area contributed by atoms with Gasteiger partial charge in [-0.3, -0.25) is 4.72 Å². The van der Waals surface area contributed by atoms with E-state index in [0.717, 1.165) is 16.8 Å². The van der Waals surface area contributed by atoms with E-state index in [9.17, 15) is 4.79 Å². The van der Waals surface area contributed by atoms with Crippen molar-refractivity contribution in [2.75, 3.05) is 0 Å². The quantitative estimate of drug-likeness (QED) is 0.591. The summed E-state index contributed by atoms with van der Waals surface area (Å²) in [5.41, 5.74) is 4.88. The van der Waals surface area contributed by atoms with Gasteiger partial charge in [-0.25, -0.2) is 4.79 Å². The number of carbonyl (C=O) groups is 1. The van der Waals surface area contributed by atoms with Crippen LogP contribution in [0.3, 0.4) is 0 Å². The van der Waals surface area contributed by atoms with Crippen LogP contribution in [0.2, 0.25) is 5.02 Å². The van der Waals surface area contributed by atoms with Crippen molar-refractivity contribution in [3.05, 3.63) is 29.3 Å². The number of urea groups is 1. The van der Waals surface area contributed by atoms with Crippen LogP contribution in [-0.2, 0) is 0 Å². The molecule has 0 bridgehead atoms. The number of amides is 2. The van der Waals surface area contributed by atoms with E-state index in [-0.39, 0.29) is 29.6 Å². The molecule has 1 rings (SSSR count). The minimum atomic E-state index is -0.583. The van der Waals surface area contributed by atoms with Crippen molar-refractivity contribution in [1.82, 2.24) is 4.72 Å². The number of carbonyl (C=O) groups excluding carboxylic acids is 1. The number of nitrogens with two attached hydrogens (primary N) is 1. The summed E-state index contributed by atoms with van der Waals surface area (Å²) < 4.78 is 2.37. The SMILES string of the molecule is NC(=O)NSc1ccccc1Cl.[NaH]. The number of nitrogens with one attached hydrogen (secondary N) is 1. The summed E-state index contributed by atoms with van der Waals surface area (Å²) in [7, 11) is 0. The van der Waals surface area contributed by atoms with Gasteiger partial charge in [0.2, 0.25) is 0 Å². The maximum absolute atomic E-state index is 10.3. The van der Waals surface area contributed by atoms with Gasteiger partial charge in [-0.15, -0.1) is 0 Å². The third-order valence-electron chi connectivity index (χ3n) is 1.10. The van der Waals surface area contributed by atoms with E-state index in [2.05, 4.69) is 4.72 Å². The van der Waals surface area contributed by atoms with E-state index in [0.29, 0.717) is 5.02 Å². The maximum atomic E-state index is 10.3. The third-order valence-corrected chi connectivity index (χ3v) is 2.42. The Balaban J connectivity index is 0.00000144. The Morgan fingerprint density at radius 2 is 2.08 bits per heavy atom. The summed E-state index contributed by atoms with van der Waals surface area (Å²) in [6.45, 7) is 0. The molecule has 0 aliphatic heterocycles. The fraction of sp³-hybridized carbons (Fsp3) is 0. The molecule has 13 heavy (non-hydrogen) atoms. The Labute approximate surface area is 108 Å². The summed E-state index contributed by atoms with van der Waals surface area (Å²) in [6.07, 6.45) is 0. The van der Waals surface area contributed by atoms with Gasteiger partial charge in [-0.2, -0.15) is 0 Å². The molecule has 0 fully saturated rings. The van der Waals surface area contributed by atoms with Gasteiger partial charge in [0.15, 0.2) is 0 Å². The minimum absolute atomic E-state index is 0. The number of rotatable bonds is 2. The van der Waals surface area contributed by atoms with Gasteiger partial charge >= 0.3 is 35.6 Å².